The van der Waals surface area contributed by atoms with Crippen molar-refractivity contribution in [2.45, 2.75) is 13.3 Å². The van der Waals surface area contributed by atoms with Crippen LogP contribution in [0.25, 0.3) is 17.2 Å². The molecule has 0 fully saturated rings. The lowest BCUT2D eigenvalue weighted by atomic mass is 10.1. The number of benzene rings is 3. The molecule has 0 aliphatic heterocycles. The molecule has 0 aromatic heterocycles. The van der Waals surface area contributed by atoms with Crippen LogP contribution < -0.4 is 0 Å². The second-order valence-corrected chi connectivity index (χ2v) is 5.40. The largest absolute Gasteiger partial charge is 0.0871 e. The second kappa shape index (κ2) is 6.91. The molecule has 0 heterocycles. The quantitative estimate of drug-likeness (QED) is 0.403. The predicted molar refractivity (Wildman–Crippen MR) is 95.8 cm³/mol. The van der Waals surface area contributed by atoms with Crippen molar-refractivity contribution < 1.29 is 0 Å². The normalized spacial score (nSPS) is 11.5. The highest BCUT2D eigenvalue weighted by Crippen LogP contribution is 2.35. The third-order valence-electron chi connectivity index (χ3n) is 3.86. The van der Waals surface area contributed by atoms with E-state index in [0.717, 1.165) is 6.42 Å². The molecule has 0 radical (unpaired) electrons. The van der Waals surface area contributed by atoms with Crippen molar-refractivity contribution in [1.82, 2.24) is 0 Å². The summed E-state index contributed by atoms with van der Waals surface area (Å²) in [5.74, 6) is 0. The Hall–Kier alpha value is -2.60. The van der Waals surface area contributed by atoms with Crippen molar-refractivity contribution in [3.05, 3.63) is 102 Å². The van der Waals surface area contributed by atoms with Crippen LogP contribution in [0.3, 0.4) is 0 Å². The van der Waals surface area contributed by atoms with Gasteiger partial charge in [-0.3, -0.25) is 0 Å². The zero-order valence-corrected chi connectivity index (χ0v) is 12.9. The summed E-state index contributed by atoms with van der Waals surface area (Å²) in [6, 6.07) is 27.6. The number of fused-ring (bicyclic) bond motifs is 3. The average molecular weight is 284 g/mol. The first-order chi connectivity index (χ1) is 10.9. The van der Waals surface area contributed by atoms with E-state index < -0.39 is 0 Å². The van der Waals surface area contributed by atoms with Gasteiger partial charge in [0.05, 0.1) is 0 Å². The maximum Gasteiger partial charge on any atom is -0.00135 e. The average Bonchev–Trinajstić information content (AvgIpc) is 2.95. The Labute approximate surface area is 132 Å². The molecule has 3 aromatic carbocycles. The van der Waals surface area contributed by atoms with Crippen LogP contribution >= 0.6 is 0 Å². The zero-order chi connectivity index (χ0) is 15.2. The maximum atomic E-state index is 2.22. The predicted octanol–water partition coefficient (Wildman–Crippen LogP) is 5.98. The Bertz CT molecular complexity index is 723. The van der Waals surface area contributed by atoms with Crippen molar-refractivity contribution in [1.29, 1.82) is 0 Å². The number of allylic oxidation sites excluding steroid dienone is 1. The van der Waals surface area contributed by atoms with E-state index in [1.807, 2.05) is 31.2 Å². The topological polar surface area (TPSA) is 0 Å². The van der Waals surface area contributed by atoms with E-state index in [-0.39, 0.29) is 0 Å². The molecular weight excluding hydrogens is 264 g/mol. The van der Waals surface area contributed by atoms with Gasteiger partial charge in [-0.15, -0.1) is 0 Å². The molecule has 0 saturated carbocycles. The van der Waals surface area contributed by atoms with Gasteiger partial charge in [-0.05, 0) is 41.2 Å². The minimum absolute atomic E-state index is 1.10. The van der Waals surface area contributed by atoms with Crippen LogP contribution in [0.4, 0.5) is 0 Å². The van der Waals surface area contributed by atoms with Gasteiger partial charge in [0.15, 0.2) is 0 Å². The van der Waals surface area contributed by atoms with E-state index in [1.54, 1.807) is 0 Å². The van der Waals surface area contributed by atoms with Crippen molar-refractivity contribution in [2.75, 3.05) is 0 Å². The summed E-state index contributed by atoms with van der Waals surface area (Å²) in [5, 5.41) is 0. The monoisotopic (exact) mass is 284 g/mol. The Morgan fingerprint density at radius 3 is 1.68 bits per heavy atom. The highest BCUT2D eigenvalue weighted by molar-refractivity contribution is 5.76. The lowest BCUT2D eigenvalue weighted by Gasteiger charge is -1.98. The highest BCUT2D eigenvalue weighted by atomic mass is 14.2. The summed E-state index contributed by atoms with van der Waals surface area (Å²) in [4.78, 5) is 0. The fourth-order valence-corrected chi connectivity index (χ4v) is 2.84. The van der Waals surface area contributed by atoms with Crippen molar-refractivity contribution in [3.63, 3.8) is 0 Å². The van der Waals surface area contributed by atoms with Gasteiger partial charge < -0.3 is 0 Å². The van der Waals surface area contributed by atoms with E-state index >= 15 is 0 Å². The molecule has 0 nitrogen and oxygen atoms in total. The Kier molecular flexibility index (Phi) is 4.50. The van der Waals surface area contributed by atoms with Gasteiger partial charge in [0.25, 0.3) is 0 Å². The molecule has 0 spiro atoms. The van der Waals surface area contributed by atoms with Gasteiger partial charge in [0, 0.05) is 0 Å². The van der Waals surface area contributed by atoms with Gasteiger partial charge in [0.1, 0.15) is 0 Å². The van der Waals surface area contributed by atoms with Crippen molar-refractivity contribution >= 4 is 6.08 Å². The summed E-state index contributed by atoms with van der Waals surface area (Å²) in [6.07, 6.45) is 5.22. The van der Waals surface area contributed by atoms with Crippen LogP contribution in [0, 0.1) is 0 Å². The number of rotatable bonds is 1. The summed E-state index contributed by atoms with van der Waals surface area (Å²) in [5.41, 5.74) is 7.02. The molecule has 0 N–H and O–H groups in total. The van der Waals surface area contributed by atoms with Crippen LogP contribution in [-0.4, -0.2) is 0 Å². The Balaban J connectivity index is 0.000000142. The third kappa shape index (κ3) is 3.17. The molecule has 1 aliphatic rings. The highest BCUT2D eigenvalue weighted by Gasteiger charge is 2.15. The Morgan fingerprint density at radius 1 is 0.636 bits per heavy atom. The van der Waals surface area contributed by atoms with E-state index in [1.165, 1.54) is 27.8 Å². The molecule has 0 atom stereocenters. The summed E-state index contributed by atoms with van der Waals surface area (Å²) < 4.78 is 0. The van der Waals surface area contributed by atoms with Crippen LogP contribution in [0.15, 0.2) is 84.9 Å². The van der Waals surface area contributed by atoms with Crippen molar-refractivity contribution in [2.24, 2.45) is 0 Å². The number of hydrogen-bond acceptors (Lipinski definition) is 0. The first-order valence-corrected chi connectivity index (χ1v) is 7.72. The molecule has 0 bridgehead atoms. The molecule has 22 heavy (non-hydrogen) atoms. The molecular formula is C22H20. The van der Waals surface area contributed by atoms with Crippen LogP contribution in [0.1, 0.15) is 23.6 Å². The summed E-state index contributed by atoms with van der Waals surface area (Å²) in [6.45, 7) is 2.02. The molecule has 0 unspecified atom stereocenters. The molecule has 108 valence electrons. The Morgan fingerprint density at radius 2 is 1.14 bits per heavy atom. The van der Waals surface area contributed by atoms with Gasteiger partial charge in [0.2, 0.25) is 0 Å². The fourth-order valence-electron chi connectivity index (χ4n) is 2.84. The molecule has 0 heteroatoms. The standard InChI is InChI=1S/C13H10.C9H10/c1-3-7-12-10(5-1)9-11-6-2-4-8-13(11)12;1-2-6-9-7-4-3-5-8-9/h1-8H,9H2;2-8H,1H3. The summed E-state index contributed by atoms with van der Waals surface area (Å²) in [7, 11) is 0. The van der Waals surface area contributed by atoms with Crippen molar-refractivity contribution in [3.8, 4) is 11.1 Å². The molecule has 3 aromatic rings. The summed E-state index contributed by atoms with van der Waals surface area (Å²) >= 11 is 0. The van der Waals surface area contributed by atoms with E-state index in [0.29, 0.717) is 0 Å². The van der Waals surface area contributed by atoms with E-state index in [9.17, 15) is 0 Å². The second-order valence-electron chi connectivity index (χ2n) is 5.40. The minimum Gasteiger partial charge on any atom is -0.0871 e. The van der Waals surface area contributed by atoms with E-state index in [4.69, 9.17) is 0 Å². The maximum absolute atomic E-state index is 2.22. The van der Waals surface area contributed by atoms with Crippen LogP contribution in [0.2, 0.25) is 0 Å². The molecule has 1 aliphatic carbocycles. The van der Waals surface area contributed by atoms with Gasteiger partial charge in [-0.1, -0.05) is 91.0 Å². The van der Waals surface area contributed by atoms with E-state index in [2.05, 4.69) is 66.7 Å². The minimum atomic E-state index is 1.10. The van der Waals surface area contributed by atoms with Crippen LogP contribution in [-0.2, 0) is 6.42 Å². The van der Waals surface area contributed by atoms with Crippen LogP contribution in [0.5, 0.6) is 0 Å². The lowest BCUT2D eigenvalue weighted by Crippen LogP contribution is -1.77. The number of hydrogen-bond donors (Lipinski definition) is 0. The molecule has 0 amide bonds. The van der Waals surface area contributed by atoms with Gasteiger partial charge >= 0.3 is 0 Å². The third-order valence-corrected chi connectivity index (χ3v) is 3.86. The van der Waals surface area contributed by atoms with Gasteiger partial charge in [-0.2, -0.15) is 0 Å². The molecule has 0 saturated heterocycles. The molecule has 4 rings (SSSR count). The lowest BCUT2D eigenvalue weighted by molar-refractivity contribution is 1.26. The SMILES string of the molecule is CC=Cc1ccccc1.c1ccc2c(c1)Cc1ccccc1-2. The fraction of sp³-hybridized carbons (Fsp3) is 0.0909. The van der Waals surface area contributed by atoms with Gasteiger partial charge in [-0.25, -0.2) is 0 Å². The zero-order valence-electron chi connectivity index (χ0n) is 12.9. The first-order valence-electron chi connectivity index (χ1n) is 7.72. The first kappa shape index (κ1) is 14.3. The smallest absolute Gasteiger partial charge is 0.00135 e.